The molecule has 2 aromatic rings. The molecule has 3 aliphatic rings. The number of amides is 3. The Morgan fingerprint density at radius 2 is 1.89 bits per heavy atom. The maximum atomic E-state index is 14.1. The van der Waals surface area contributed by atoms with E-state index in [9.17, 15) is 14.4 Å². The lowest BCUT2D eigenvalue weighted by atomic mass is 9.70. The first-order valence-corrected chi connectivity index (χ1v) is 11.8. The van der Waals surface area contributed by atoms with E-state index in [2.05, 4.69) is 15.8 Å². The fourth-order valence-electron chi connectivity index (χ4n) is 5.51. The fourth-order valence-corrected chi connectivity index (χ4v) is 5.73. The number of nitrogens with one attached hydrogen (secondary N) is 2. The molecule has 9 nitrogen and oxygen atoms in total. The molecule has 5 rings (SSSR count). The molecule has 2 bridgehead atoms. The monoisotopic (exact) mass is 498 g/mol. The number of nitrogens with zero attached hydrogens (tertiary/aromatic N) is 2. The Kier molecular flexibility index (Phi) is 5.16. The van der Waals surface area contributed by atoms with Gasteiger partial charge in [-0.2, -0.15) is 0 Å². The number of benzene rings is 1. The van der Waals surface area contributed by atoms with Crippen molar-refractivity contribution in [2.24, 2.45) is 11.8 Å². The normalized spacial score (nSPS) is 31.1. The van der Waals surface area contributed by atoms with Gasteiger partial charge in [-0.1, -0.05) is 41.0 Å². The van der Waals surface area contributed by atoms with Crippen molar-refractivity contribution >= 4 is 40.8 Å². The summed E-state index contributed by atoms with van der Waals surface area (Å²) in [5.41, 5.74) is -2.61. The van der Waals surface area contributed by atoms with Gasteiger partial charge in [0.15, 0.2) is 5.82 Å². The first kappa shape index (κ1) is 23.6. The van der Waals surface area contributed by atoms with Crippen LogP contribution < -0.4 is 15.5 Å². The fraction of sp³-hybridized carbons (Fsp3) is 0.440. The number of carbonyl (C=O) groups excluding carboxylic acids is 3. The van der Waals surface area contributed by atoms with Crippen molar-refractivity contribution in [2.75, 3.05) is 10.2 Å². The largest absolute Gasteiger partial charge is 0.360 e. The van der Waals surface area contributed by atoms with Gasteiger partial charge in [-0.3, -0.25) is 19.3 Å². The Morgan fingerprint density at radius 3 is 2.51 bits per heavy atom. The number of halogens is 1. The highest BCUT2D eigenvalue weighted by atomic mass is 35.5. The van der Waals surface area contributed by atoms with Crippen LogP contribution in [0.25, 0.3) is 0 Å². The minimum absolute atomic E-state index is 0.243. The number of hydrogen-bond acceptors (Lipinski definition) is 6. The lowest BCUT2D eigenvalue weighted by molar-refractivity contribution is -0.131. The van der Waals surface area contributed by atoms with Crippen LogP contribution in [0.15, 0.2) is 47.0 Å². The van der Waals surface area contributed by atoms with Crippen LogP contribution in [-0.2, 0) is 19.1 Å². The molecule has 0 aliphatic carbocycles. The Labute approximate surface area is 207 Å². The van der Waals surface area contributed by atoms with Crippen molar-refractivity contribution in [2.45, 2.75) is 57.4 Å². The molecule has 1 aromatic heterocycles. The van der Waals surface area contributed by atoms with Crippen molar-refractivity contribution in [3.05, 3.63) is 53.3 Å². The molecule has 2 N–H and O–H groups in total. The Bertz CT molecular complexity index is 1270. The summed E-state index contributed by atoms with van der Waals surface area (Å²) in [4.78, 5) is 42.7. The second kappa shape index (κ2) is 7.66. The molecule has 2 fully saturated rings. The van der Waals surface area contributed by atoms with Gasteiger partial charge in [0.2, 0.25) is 17.7 Å². The molecular formula is C25H27ClN4O5. The van der Waals surface area contributed by atoms with Gasteiger partial charge in [0.25, 0.3) is 0 Å². The van der Waals surface area contributed by atoms with Crippen molar-refractivity contribution in [1.82, 2.24) is 10.5 Å². The van der Waals surface area contributed by atoms with Gasteiger partial charge in [-0.05, 0) is 46.8 Å². The summed E-state index contributed by atoms with van der Waals surface area (Å²) in [6.07, 6.45) is 3.52. The molecule has 35 heavy (non-hydrogen) atoms. The van der Waals surface area contributed by atoms with Crippen LogP contribution in [0.1, 0.15) is 33.5 Å². The summed E-state index contributed by atoms with van der Waals surface area (Å²) in [6, 6.07) is 7.35. The summed E-state index contributed by atoms with van der Waals surface area (Å²) >= 11 is 6.48. The molecule has 5 unspecified atom stereocenters. The molecule has 5 atom stereocenters. The van der Waals surface area contributed by atoms with E-state index < -0.39 is 52.3 Å². The predicted octanol–water partition coefficient (Wildman–Crippen LogP) is 3.23. The number of hydrogen-bond donors (Lipinski definition) is 2. The molecule has 4 heterocycles. The maximum Gasteiger partial charge on any atom is 0.246 e. The zero-order chi connectivity index (χ0) is 25.3. The van der Waals surface area contributed by atoms with Gasteiger partial charge < -0.3 is 19.9 Å². The van der Waals surface area contributed by atoms with E-state index in [0.717, 1.165) is 0 Å². The van der Waals surface area contributed by atoms with Crippen LogP contribution >= 0.6 is 11.6 Å². The van der Waals surface area contributed by atoms with Crippen LogP contribution in [0, 0.1) is 18.8 Å². The third-order valence-corrected chi connectivity index (χ3v) is 7.04. The molecule has 1 aromatic carbocycles. The molecule has 1 spiro atoms. The number of ether oxygens (including phenoxy) is 1. The van der Waals surface area contributed by atoms with Gasteiger partial charge in [0, 0.05) is 11.6 Å². The second-order valence-corrected chi connectivity index (χ2v) is 10.9. The van der Waals surface area contributed by atoms with Crippen molar-refractivity contribution in [1.29, 1.82) is 0 Å². The average molecular weight is 499 g/mol. The van der Waals surface area contributed by atoms with E-state index in [1.165, 1.54) is 4.90 Å². The summed E-state index contributed by atoms with van der Waals surface area (Å²) in [6.45, 7) is 9.04. The summed E-state index contributed by atoms with van der Waals surface area (Å²) in [7, 11) is 0. The van der Waals surface area contributed by atoms with Crippen LogP contribution in [0.5, 0.6) is 0 Å². The topological polar surface area (TPSA) is 114 Å². The van der Waals surface area contributed by atoms with Gasteiger partial charge in [0.05, 0.1) is 28.1 Å². The van der Waals surface area contributed by atoms with E-state index in [0.29, 0.717) is 16.5 Å². The summed E-state index contributed by atoms with van der Waals surface area (Å²) in [5.74, 6) is -2.32. The molecule has 3 amide bonds. The van der Waals surface area contributed by atoms with Gasteiger partial charge in [0.1, 0.15) is 17.4 Å². The van der Waals surface area contributed by atoms with Gasteiger partial charge in [-0.15, -0.1) is 0 Å². The number of fused-ring (bicyclic) bond motifs is 1. The number of para-hydroxylation sites is 1. The molecular weight excluding hydrogens is 472 g/mol. The molecule has 2 saturated heterocycles. The van der Waals surface area contributed by atoms with Crippen molar-refractivity contribution in [3.8, 4) is 0 Å². The zero-order valence-corrected chi connectivity index (χ0v) is 20.8. The third-order valence-electron chi connectivity index (χ3n) is 6.72. The van der Waals surface area contributed by atoms with Gasteiger partial charge in [-0.25, -0.2) is 0 Å². The second-order valence-electron chi connectivity index (χ2n) is 10.5. The summed E-state index contributed by atoms with van der Waals surface area (Å²) < 4.78 is 11.5. The van der Waals surface area contributed by atoms with Crippen LogP contribution in [0.3, 0.4) is 0 Å². The quantitative estimate of drug-likeness (QED) is 0.625. The van der Waals surface area contributed by atoms with E-state index in [1.54, 1.807) is 56.3 Å². The molecule has 184 valence electrons. The number of aryl methyl sites for hydroxylation is 1. The predicted molar refractivity (Wildman–Crippen MR) is 129 cm³/mol. The van der Waals surface area contributed by atoms with E-state index in [1.807, 2.05) is 20.8 Å². The van der Waals surface area contributed by atoms with Crippen molar-refractivity contribution < 1.29 is 23.6 Å². The SMILES string of the molecule is Cc1cc(NC(=O)C2C3C(=O)N(c4ccccc4Cl)C(C(=O)NC(C)(C)C)C34C=CC2(C)O4)no1. The highest BCUT2D eigenvalue weighted by Crippen LogP contribution is 2.60. The van der Waals surface area contributed by atoms with Crippen LogP contribution in [0.2, 0.25) is 5.02 Å². The van der Waals surface area contributed by atoms with Crippen LogP contribution in [-0.4, -0.2) is 45.7 Å². The summed E-state index contributed by atoms with van der Waals surface area (Å²) in [5, 5.41) is 9.86. The van der Waals surface area contributed by atoms with E-state index >= 15 is 0 Å². The maximum absolute atomic E-state index is 14.1. The van der Waals surface area contributed by atoms with E-state index in [-0.39, 0.29) is 5.82 Å². The molecule has 0 radical (unpaired) electrons. The average Bonchev–Trinajstić information content (AvgIpc) is 3.44. The molecule has 0 saturated carbocycles. The van der Waals surface area contributed by atoms with Gasteiger partial charge >= 0.3 is 0 Å². The number of rotatable bonds is 4. The zero-order valence-electron chi connectivity index (χ0n) is 20.1. The number of anilines is 2. The lowest BCUT2D eigenvalue weighted by Gasteiger charge is -2.35. The Morgan fingerprint density at radius 1 is 1.17 bits per heavy atom. The Balaban J connectivity index is 1.61. The molecule has 3 aliphatic heterocycles. The first-order valence-electron chi connectivity index (χ1n) is 11.4. The molecule has 10 heteroatoms. The Hall–Kier alpha value is -3.17. The highest BCUT2D eigenvalue weighted by Gasteiger charge is 2.76. The van der Waals surface area contributed by atoms with Crippen molar-refractivity contribution in [3.63, 3.8) is 0 Å². The lowest BCUT2D eigenvalue weighted by Crippen LogP contribution is -2.58. The smallest absolute Gasteiger partial charge is 0.246 e. The highest BCUT2D eigenvalue weighted by molar-refractivity contribution is 6.34. The standard InChI is InChI=1S/C25H27ClN4O5/c1-13-12-16(29-34-13)27-20(31)17-18-22(33)30(15-9-7-6-8-14(15)26)19(21(32)28-23(2,3)4)25(18)11-10-24(17,5)35-25/h6-12,17-19H,1-5H3,(H,28,32)(H,27,29,31). The third kappa shape index (κ3) is 3.56. The van der Waals surface area contributed by atoms with Crippen LogP contribution in [0.4, 0.5) is 11.5 Å². The number of carbonyl (C=O) groups is 3. The minimum atomic E-state index is -1.35. The number of aromatic nitrogens is 1. The minimum Gasteiger partial charge on any atom is -0.360 e. The first-order chi connectivity index (χ1) is 16.4. The van der Waals surface area contributed by atoms with E-state index in [4.69, 9.17) is 20.9 Å².